The zero-order valence-corrected chi connectivity index (χ0v) is 14.0. The number of hydrogen-bond donors (Lipinski definition) is 1. The topological polar surface area (TPSA) is 55.0 Å². The van der Waals surface area contributed by atoms with E-state index in [9.17, 15) is 4.79 Å². The molecule has 0 spiro atoms. The van der Waals surface area contributed by atoms with Gasteiger partial charge in [-0.2, -0.15) is 0 Å². The van der Waals surface area contributed by atoms with Gasteiger partial charge in [0.05, 0.1) is 17.7 Å². The lowest BCUT2D eigenvalue weighted by atomic mass is 9.64. The van der Waals surface area contributed by atoms with Crippen LogP contribution in [0.2, 0.25) is 0 Å². The summed E-state index contributed by atoms with van der Waals surface area (Å²) in [5.41, 5.74) is 1.73. The second kappa shape index (κ2) is 5.88. The highest BCUT2D eigenvalue weighted by molar-refractivity contribution is 14.1. The van der Waals surface area contributed by atoms with Gasteiger partial charge in [0, 0.05) is 7.11 Å². The number of ether oxygens (including phenoxy) is 1. The number of H-pyrrole nitrogens is 1. The van der Waals surface area contributed by atoms with E-state index in [0.717, 1.165) is 30.8 Å². The standard InChI is InChI=1S/C16H17IN2O2/c1-21-10-12-13(17)14(20)19-15(18-12)16(8-5-9-16)11-6-3-2-4-7-11/h2-4,6-7H,5,8-10H2,1H3,(H,18,19,20). The zero-order valence-electron chi connectivity index (χ0n) is 11.9. The van der Waals surface area contributed by atoms with Crippen LogP contribution < -0.4 is 5.56 Å². The molecule has 2 aromatic rings. The summed E-state index contributed by atoms with van der Waals surface area (Å²) in [5, 5.41) is 0. The van der Waals surface area contributed by atoms with E-state index in [-0.39, 0.29) is 11.0 Å². The Morgan fingerprint density at radius 3 is 2.62 bits per heavy atom. The Morgan fingerprint density at radius 2 is 2.05 bits per heavy atom. The van der Waals surface area contributed by atoms with Crippen LogP contribution in [0.15, 0.2) is 35.1 Å². The van der Waals surface area contributed by atoms with E-state index in [2.05, 4.69) is 17.1 Å². The summed E-state index contributed by atoms with van der Waals surface area (Å²) in [6.45, 7) is 0.361. The van der Waals surface area contributed by atoms with Crippen LogP contribution in [0.4, 0.5) is 0 Å². The molecule has 1 saturated carbocycles. The molecule has 3 rings (SSSR count). The highest BCUT2D eigenvalue weighted by Gasteiger charge is 2.42. The van der Waals surface area contributed by atoms with Crippen LogP contribution in [-0.2, 0) is 16.8 Å². The van der Waals surface area contributed by atoms with E-state index in [0.29, 0.717) is 10.2 Å². The average Bonchev–Trinajstić information content (AvgIpc) is 2.44. The number of aromatic nitrogens is 2. The summed E-state index contributed by atoms with van der Waals surface area (Å²) in [6.07, 6.45) is 3.20. The van der Waals surface area contributed by atoms with Crippen molar-refractivity contribution in [3.8, 4) is 0 Å². The molecule has 1 heterocycles. The van der Waals surface area contributed by atoms with Gasteiger partial charge in [-0.1, -0.05) is 36.8 Å². The van der Waals surface area contributed by atoms with Crippen LogP contribution in [0, 0.1) is 3.57 Å². The van der Waals surface area contributed by atoms with E-state index in [1.165, 1.54) is 5.56 Å². The van der Waals surface area contributed by atoms with Gasteiger partial charge < -0.3 is 9.72 Å². The van der Waals surface area contributed by atoms with Crippen molar-refractivity contribution in [3.05, 3.63) is 61.3 Å². The normalized spacial score (nSPS) is 16.5. The minimum atomic E-state index is -0.146. The van der Waals surface area contributed by atoms with Gasteiger partial charge in [0.25, 0.3) is 5.56 Å². The maximum Gasteiger partial charge on any atom is 0.264 e. The molecule has 1 aromatic carbocycles. The van der Waals surface area contributed by atoms with E-state index < -0.39 is 0 Å². The summed E-state index contributed by atoms with van der Waals surface area (Å²) in [4.78, 5) is 19.9. The molecule has 0 atom stereocenters. The number of methoxy groups -OCH3 is 1. The second-order valence-corrected chi connectivity index (χ2v) is 6.49. The lowest BCUT2D eigenvalue weighted by Gasteiger charge is -2.41. The molecule has 0 unspecified atom stereocenters. The molecule has 4 nitrogen and oxygen atoms in total. The quantitative estimate of drug-likeness (QED) is 0.809. The number of benzene rings is 1. The molecule has 1 aliphatic rings. The number of nitrogens with zero attached hydrogens (tertiary/aromatic N) is 1. The molecule has 110 valence electrons. The van der Waals surface area contributed by atoms with Gasteiger partial charge in [0.15, 0.2) is 0 Å². The van der Waals surface area contributed by atoms with Crippen molar-refractivity contribution in [1.29, 1.82) is 0 Å². The highest BCUT2D eigenvalue weighted by atomic mass is 127. The van der Waals surface area contributed by atoms with Crippen molar-refractivity contribution >= 4 is 22.6 Å². The van der Waals surface area contributed by atoms with Crippen LogP contribution in [0.3, 0.4) is 0 Å². The lowest BCUT2D eigenvalue weighted by molar-refractivity contribution is 0.179. The zero-order chi connectivity index (χ0) is 14.9. The molecular formula is C16H17IN2O2. The SMILES string of the molecule is COCc1nc(C2(c3ccccc3)CCC2)[nH]c(=O)c1I. The number of hydrogen-bond acceptors (Lipinski definition) is 3. The predicted octanol–water partition coefficient (Wildman–Crippen LogP) is 2.99. The van der Waals surface area contributed by atoms with Crippen LogP contribution in [0.5, 0.6) is 0 Å². The summed E-state index contributed by atoms with van der Waals surface area (Å²) < 4.78 is 5.78. The molecule has 0 aliphatic heterocycles. The molecule has 0 radical (unpaired) electrons. The Balaban J connectivity index is 2.12. The summed E-state index contributed by atoms with van der Waals surface area (Å²) in [6, 6.07) is 10.3. The number of rotatable bonds is 4. The van der Waals surface area contributed by atoms with Crippen LogP contribution in [0.25, 0.3) is 0 Å². The summed E-state index contributed by atoms with van der Waals surface area (Å²) >= 11 is 2.03. The molecule has 1 N–H and O–H groups in total. The van der Waals surface area contributed by atoms with Crippen LogP contribution >= 0.6 is 22.6 Å². The van der Waals surface area contributed by atoms with E-state index in [1.54, 1.807) is 7.11 Å². The second-order valence-electron chi connectivity index (χ2n) is 5.41. The van der Waals surface area contributed by atoms with Crippen molar-refractivity contribution < 1.29 is 4.74 Å². The molecule has 1 aliphatic carbocycles. The predicted molar refractivity (Wildman–Crippen MR) is 89.4 cm³/mol. The smallest absolute Gasteiger partial charge is 0.264 e. The fourth-order valence-electron chi connectivity index (χ4n) is 2.91. The van der Waals surface area contributed by atoms with Gasteiger partial charge in [-0.15, -0.1) is 0 Å². The molecule has 1 fully saturated rings. The largest absolute Gasteiger partial charge is 0.378 e. The van der Waals surface area contributed by atoms with Crippen LogP contribution in [0.1, 0.15) is 36.3 Å². The van der Waals surface area contributed by atoms with Crippen molar-refractivity contribution in [3.63, 3.8) is 0 Å². The first-order chi connectivity index (χ1) is 10.2. The molecule has 1 aromatic heterocycles. The summed E-state index contributed by atoms with van der Waals surface area (Å²) in [7, 11) is 1.62. The van der Waals surface area contributed by atoms with Crippen molar-refractivity contribution in [2.24, 2.45) is 0 Å². The first-order valence-corrected chi connectivity index (χ1v) is 8.09. The minimum absolute atomic E-state index is 0.0742. The third-order valence-electron chi connectivity index (χ3n) is 4.20. The molecular weight excluding hydrogens is 379 g/mol. The molecule has 5 heteroatoms. The molecule has 21 heavy (non-hydrogen) atoms. The summed E-state index contributed by atoms with van der Waals surface area (Å²) in [5.74, 6) is 0.775. The monoisotopic (exact) mass is 396 g/mol. The lowest BCUT2D eigenvalue weighted by Crippen LogP contribution is -2.39. The van der Waals surface area contributed by atoms with Crippen molar-refractivity contribution in [1.82, 2.24) is 9.97 Å². The van der Waals surface area contributed by atoms with E-state index >= 15 is 0 Å². The van der Waals surface area contributed by atoms with Gasteiger partial charge in [-0.3, -0.25) is 4.79 Å². The molecule has 0 bridgehead atoms. The first kappa shape index (κ1) is 14.7. The fourth-order valence-corrected chi connectivity index (χ4v) is 3.33. The third-order valence-corrected chi connectivity index (χ3v) is 5.31. The van der Waals surface area contributed by atoms with E-state index in [4.69, 9.17) is 9.72 Å². The number of halogens is 1. The van der Waals surface area contributed by atoms with Gasteiger partial charge in [-0.25, -0.2) is 4.98 Å². The Hall–Kier alpha value is -1.21. The maximum absolute atomic E-state index is 12.2. The van der Waals surface area contributed by atoms with E-state index in [1.807, 2.05) is 40.8 Å². The highest BCUT2D eigenvalue weighted by Crippen LogP contribution is 2.47. The average molecular weight is 396 g/mol. The first-order valence-electron chi connectivity index (χ1n) is 7.01. The third kappa shape index (κ3) is 2.53. The number of aromatic amines is 1. The molecule has 0 amide bonds. The van der Waals surface area contributed by atoms with Crippen LogP contribution in [-0.4, -0.2) is 17.1 Å². The Morgan fingerprint density at radius 1 is 1.33 bits per heavy atom. The Labute approximate surface area is 137 Å². The van der Waals surface area contributed by atoms with Gasteiger partial charge in [0.2, 0.25) is 0 Å². The number of nitrogens with one attached hydrogen (secondary N) is 1. The Bertz CT molecular complexity index is 693. The minimum Gasteiger partial charge on any atom is -0.378 e. The van der Waals surface area contributed by atoms with Gasteiger partial charge >= 0.3 is 0 Å². The maximum atomic E-state index is 12.2. The Kier molecular flexibility index (Phi) is 4.12. The fraction of sp³-hybridized carbons (Fsp3) is 0.375. The van der Waals surface area contributed by atoms with Crippen molar-refractivity contribution in [2.45, 2.75) is 31.3 Å². The molecule has 0 saturated heterocycles. The van der Waals surface area contributed by atoms with Crippen molar-refractivity contribution in [2.75, 3.05) is 7.11 Å². The van der Waals surface area contributed by atoms with Gasteiger partial charge in [-0.05, 0) is 41.0 Å². The van der Waals surface area contributed by atoms with Gasteiger partial charge in [0.1, 0.15) is 9.39 Å².